The molecule has 3 rings (SSSR count). The van der Waals surface area contributed by atoms with Crippen LogP contribution < -0.4 is 11.1 Å². The summed E-state index contributed by atoms with van der Waals surface area (Å²) in [7, 11) is 0. The van der Waals surface area contributed by atoms with Crippen LogP contribution >= 0.6 is 11.3 Å². The molecule has 0 radical (unpaired) electrons. The van der Waals surface area contributed by atoms with Gasteiger partial charge in [-0.2, -0.15) is 0 Å². The predicted octanol–water partition coefficient (Wildman–Crippen LogP) is 2.07. The molecule has 2 bridgehead atoms. The van der Waals surface area contributed by atoms with Gasteiger partial charge in [-0.05, 0) is 18.3 Å². The van der Waals surface area contributed by atoms with Crippen molar-refractivity contribution in [2.45, 2.75) is 38.6 Å². The first-order valence-corrected chi connectivity index (χ1v) is 8.60. The minimum atomic E-state index is -0.0401. The zero-order valence-corrected chi connectivity index (χ0v) is 13.4. The van der Waals surface area contributed by atoms with E-state index in [2.05, 4.69) is 41.7 Å². The molecule has 21 heavy (non-hydrogen) atoms. The van der Waals surface area contributed by atoms with Crippen LogP contribution in [0.5, 0.6) is 0 Å². The molecule has 0 aliphatic heterocycles. The second-order valence-electron chi connectivity index (χ2n) is 6.42. The van der Waals surface area contributed by atoms with E-state index in [0.717, 1.165) is 23.5 Å². The highest BCUT2D eigenvalue weighted by Gasteiger charge is 2.46. The molecule has 4 atom stereocenters. The van der Waals surface area contributed by atoms with Crippen molar-refractivity contribution in [1.29, 1.82) is 0 Å². The zero-order chi connectivity index (χ0) is 15.0. The van der Waals surface area contributed by atoms with E-state index < -0.39 is 0 Å². The lowest BCUT2D eigenvalue weighted by molar-refractivity contribution is -0.126. The first-order valence-electron chi connectivity index (χ1n) is 7.72. The van der Waals surface area contributed by atoms with Crippen molar-refractivity contribution < 1.29 is 4.79 Å². The van der Waals surface area contributed by atoms with Crippen LogP contribution in [0.2, 0.25) is 0 Å². The fourth-order valence-corrected chi connectivity index (χ4v) is 4.23. The molecule has 2 aliphatic rings. The fourth-order valence-electron chi connectivity index (χ4n) is 3.36. The van der Waals surface area contributed by atoms with E-state index in [0.29, 0.717) is 24.3 Å². The van der Waals surface area contributed by atoms with Gasteiger partial charge in [0.05, 0.1) is 16.6 Å². The van der Waals surface area contributed by atoms with E-state index in [4.69, 9.17) is 5.73 Å². The highest BCUT2D eigenvalue weighted by molar-refractivity contribution is 7.09. The van der Waals surface area contributed by atoms with Crippen molar-refractivity contribution in [3.05, 3.63) is 28.2 Å². The number of hydrogen-bond acceptors (Lipinski definition) is 4. The van der Waals surface area contributed by atoms with Crippen LogP contribution in [0.4, 0.5) is 0 Å². The average Bonchev–Trinajstić information content (AvgIpc) is 3.13. The van der Waals surface area contributed by atoms with Gasteiger partial charge in [-0.3, -0.25) is 4.79 Å². The molecule has 1 aromatic heterocycles. The van der Waals surface area contributed by atoms with Crippen LogP contribution in [-0.4, -0.2) is 23.5 Å². The lowest BCUT2D eigenvalue weighted by atomic mass is 9.89. The van der Waals surface area contributed by atoms with E-state index in [-0.39, 0.29) is 17.9 Å². The Labute approximate surface area is 129 Å². The Balaban J connectivity index is 1.49. The molecule has 1 amide bonds. The molecule has 1 aromatic rings. The Kier molecular flexibility index (Phi) is 4.13. The van der Waals surface area contributed by atoms with Gasteiger partial charge in [-0.15, -0.1) is 11.3 Å². The Morgan fingerprint density at radius 3 is 2.86 bits per heavy atom. The minimum absolute atomic E-state index is 0.00758. The number of amides is 1. The second kappa shape index (κ2) is 5.89. The number of thiazole rings is 1. The van der Waals surface area contributed by atoms with E-state index in [1.807, 2.05) is 0 Å². The Morgan fingerprint density at radius 1 is 1.48 bits per heavy atom. The first kappa shape index (κ1) is 14.7. The van der Waals surface area contributed by atoms with Gasteiger partial charge >= 0.3 is 0 Å². The normalized spacial score (nSPS) is 30.3. The molecule has 1 saturated carbocycles. The maximum atomic E-state index is 12.3. The highest BCUT2D eigenvalue weighted by atomic mass is 32.1. The second-order valence-corrected chi connectivity index (χ2v) is 7.31. The number of nitrogens with two attached hydrogens (primary N) is 1. The molecular formula is C16H23N3OS. The Hall–Kier alpha value is -1.20. The van der Waals surface area contributed by atoms with Crippen LogP contribution in [-0.2, 0) is 11.2 Å². The summed E-state index contributed by atoms with van der Waals surface area (Å²) in [5.41, 5.74) is 7.23. The molecule has 0 saturated heterocycles. The minimum Gasteiger partial charge on any atom is -0.355 e. The molecule has 1 heterocycles. The third-order valence-corrected chi connectivity index (χ3v) is 5.76. The molecule has 0 spiro atoms. The number of carbonyl (C=O) groups is 1. The molecule has 2 aliphatic carbocycles. The standard InChI is InChI=1S/C16H23N3OS/c1-9(2)16-19-12(8-21-16)5-6-18-15(20)13-10-3-4-11(7-10)14(13)17/h3-4,8-11,13-14H,5-7,17H2,1-2H3,(H,18,20)/t10-,11+,13-,14+/m0/s1. The lowest BCUT2D eigenvalue weighted by Crippen LogP contribution is -2.44. The summed E-state index contributed by atoms with van der Waals surface area (Å²) >= 11 is 1.70. The summed E-state index contributed by atoms with van der Waals surface area (Å²) in [6.45, 7) is 4.94. The van der Waals surface area contributed by atoms with Crippen LogP contribution in [0.3, 0.4) is 0 Å². The first-order chi connectivity index (χ1) is 10.1. The van der Waals surface area contributed by atoms with Crippen molar-refractivity contribution >= 4 is 17.2 Å². The quantitative estimate of drug-likeness (QED) is 0.818. The molecule has 1 fully saturated rings. The van der Waals surface area contributed by atoms with Crippen LogP contribution in [0.25, 0.3) is 0 Å². The summed E-state index contributed by atoms with van der Waals surface area (Å²) in [6, 6.07) is -0.00758. The van der Waals surface area contributed by atoms with Gasteiger partial charge < -0.3 is 11.1 Å². The molecule has 114 valence electrons. The van der Waals surface area contributed by atoms with Gasteiger partial charge in [0.1, 0.15) is 0 Å². The third kappa shape index (κ3) is 2.90. The van der Waals surface area contributed by atoms with Crippen LogP contribution in [0.1, 0.15) is 36.9 Å². The molecular weight excluding hydrogens is 282 g/mol. The van der Waals surface area contributed by atoms with Gasteiger partial charge in [0.2, 0.25) is 5.91 Å². The monoisotopic (exact) mass is 305 g/mol. The average molecular weight is 305 g/mol. The van der Waals surface area contributed by atoms with Crippen LogP contribution in [0, 0.1) is 17.8 Å². The summed E-state index contributed by atoms with van der Waals surface area (Å²) in [4.78, 5) is 16.9. The number of nitrogens with one attached hydrogen (secondary N) is 1. The lowest BCUT2D eigenvalue weighted by Gasteiger charge is -2.23. The van der Waals surface area contributed by atoms with E-state index in [9.17, 15) is 4.79 Å². The highest BCUT2D eigenvalue weighted by Crippen LogP contribution is 2.42. The SMILES string of the molecule is CC(C)c1nc(CCNC(=O)[C@@H]2[C@H](N)[C@@H]3C=C[C@H]2C3)cs1. The predicted molar refractivity (Wildman–Crippen MR) is 85.1 cm³/mol. The number of fused-ring (bicyclic) bond motifs is 2. The van der Waals surface area contributed by atoms with Crippen molar-refractivity contribution in [3.63, 3.8) is 0 Å². The number of nitrogens with zero attached hydrogens (tertiary/aromatic N) is 1. The molecule has 5 heteroatoms. The van der Waals surface area contributed by atoms with Crippen molar-refractivity contribution in [3.8, 4) is 0 Å². The molecule has 0 unspecified atom stereocenters. The van der Waals surface area contributed by atoms with Gasteiger partial charge in [-0.25, -0.2) is 4.98 Å². The van der Waals surface area contributed by atoms with Gasteiger partial charge in [0, 0.05) is 30.3 Å². The Morgan fingerprint density at radius 2 is 2.24 bits per heavy atom. The van der Waals surface area contributed by atoms with Crippen LogP contribution in [0.15, 0.2) is 17.5 Å². The fraction of sp³-hybridized carbons (Fsp3) is 0.625. The van der Waals surface area contributed by atoms with Crippen molar-refractivity contribution in [2.24, 2.45) is 23.5 Å². The van der Waals surface area contributed by atoms with Gasteiger partial charge in [-0.1, -0.05) is 26.0 Å². The van der Waals surface area contributed by atoms with Gasteiger partial charge in [0.15, 0.2) is 0 Å². The maximum absolute atomic E-state index is 12.3. The maximum Gasteiger partial charge on any atom is 0.225 e. The topological polar surface area (TPSA) is 68.0 Å². The smallest absolute Gasteiger partial charge is 0.225 e. The molecule has 3 N–H and O–H groups in total. The summed E-state index contributed by atoms with van der Waals surface area (Å²) < 4.78 is 0. The van der Waals surface area contributed by atoms with Gasteiger partial charge in [0.25, 0.3) is 0 Å². The number of aromatic nitrogens is 1. The summed E-state index contributed by atoms with van der Waals surface area (Å²) in [6.07, 6.45) is 6.17. The third-order valence-electron chi connectivity index (χ3n) is 4.57. The Bertz CT molecular complexity index is 551. The number of hydrogen-bond donors (Lipinski definition) is 2. The van der Waals surface area contributed by atoms with E-state index >= 15 is 0 Å². The van der Waals surface area contributed by atoms with E-state index in [1.54, 1.807) is 11.3 Å². The summed E-state index contributed by atoms with van der Waals surface area (Å²) in [5, 5.41) is 6.29. The largest absolute Gasteiger partial charge is 0.355 e. The molecule has 0 aromatic carbocycles. The van der Waals surface area contributed by atoms with E-state index in [1.165, 1.54) is 0 Å². The number of rotatable bonds is 5. The molecule has 4 nitrogen and oxygen atoms in total. The van der Waals surface area contributed by atoms with Crippen molar-refractivity contribution in [1.82, 2.24) is 10.3 Å². The number of allylic oxidation sites excluding steroid dienone is 1. The van der Waals surface area contributed by atoms with Crippen molar-refractivity contribution in [2.75, 3.05) is 6.54 Å². The zero-order valence-electron chi connectivity index (χ0n) is 12.6. The summed E-state index contributed by atoms with van der Waals surface area (Å²) in [5.74, 6) is 1.28. The number of carbonyl (C=O) groups excluding carboxylic acids is 1.